The molecule has 0 amide bonds. The molecule has 0 radical (unpaired) electrons. The largest absolute Gasteiger partial charge is 0.453 e. The molecule has 3 rings (SSSR count). The van der Waals surface area contributed by atoms with Crippen LogP contribution < -0.4 is 0 Å². The number of carbonyl (C=O) groups is 1. The molecule has 1 unspecified atom stereocenters. The predicted molar refractivity (Wildman–Crippen MR) is 97.3 cm³/mol. The second-order valence-corrected chi connectivity index (χ2v) is 6.83. The number of ether oxygens (including phenoxy) is 1. The van der Waals surface area contributed by atoms with Crippen molar-refractivity contribution in [2.24, 2.45) is 0 Å². The van der Waals surface area contributed by atoms with Crippen LogP contribution in [0, 0.1) is 11.6 Å². The maximum absolute atomic E-state index is 14.8. The van der Waals surface area contributed by atoms with Gasteiger partial charge in [0.2, 0.25) is 0 Å². The highest BCUT2D eigenvalue weighted by Crippen LogP contribution is 2.33. The van der Waals surface area contributed by atoms with Gasteiger partial charge < -0.3 is 4.74 Å². The molecule has 4 heteroatoms. The minimum atomic E-state index is -0.661. The Labute approximate surface area is 153 Å². The van der Waals surface area contributed by atoms with E-state index in [0.717, 1.165) is 19.3 Å². The van der Waals surface area contributed by atoms with Crippen molar-refractivity contribution in [3.8, 4) is 0 Å². The number of hydrogen-bond acceptors (Lipinski definition) is 2. The molecule has 0 spiro atoms. The van der Waals surface area contributed by atoms with E-state index in [0.29, 0.717) is 41.5 Å². The summed E-state index contributed by atoms with van der Waals surface area (Å²) in [4.78, 5) is 12.4. The van der Waals surface area contributed by atoms with Crippen molar-refractivity contribution >= 4 is 5.97 Å². The molecule has 2 aromatic rings. The molecule has 0 N–H and O–H groups in total. The Bertz CT molecular complexity index is 814. The average molecular weight is 358 g/mol. The third-order valence-corrected chi connectivity index (χ3v) is 5.05. The number of benzene rings is 2. The lowest BCUT2D eigenvalue weighted by atomic mass is 9.91. The number of unbranched alkanes of at least 4 members (excludes halogenated alkanes) is 2. The quantitative estimate of drug-likeness (QED) is 0.488. The number of carbonyl (C=O) groups excluding carboxylic acids is 1. The molecule has 0 saturated heterocycles. The summed E-state index contributed by atoms with van der Waals surface area (Å²) in [5.74, 6) is -1.43. The van der Waals surface area contributed by atoms with Crippen LogP contribution in [0.15, 0.2) is 30.3 Å². The summed E-state index contributed by atoms with van der Waals surface area (Å²) in [5.41, 5.74) is 2.46. The van der Waals surface area contributed by atoms with E-state index >= 15 is 0 Å². The second-order valence-electron chi connectivity index (χ2n) is 6.83. The monoisotopic (exact) mass is 358 g/mol. The molecule has 0 fully saturated rings. The first-order valence-corrected chi connectivity index (χ1v) is 9.34. The summed E-state index contributed by atoms with van der Waals surface area (Å²) in [5, 5.41) is 0. The molecule has 0 aromatic heterocycles. The van der Waals surface area contributed by atoms with Crippen molar-refractivity contribution in [2.45, 2.75) is 58.5 Å². The van der Waals surface area contributed by atoms with Crippen LogP contribution in [-0.4, -0.2) is 5.97 Å². The maximum Gasteiger partial charge on any atom is 0.342 e. The molecule has 1 heterocycles. The molecule has 1 aliphatic heterocycles. The Balaban J connectivity index is 1.86. The summed E-state index contributed by atoms with van der Waals surface area (Å²) in [7, 11) is 0. The molecule has 0 bridgehead atoms. The van der Waals surface area contributed by atoms with Crippen LogP contribution in [0.5, 0.6) is 0 Å². The van der Waals surface area contributed by atoms with E-state index in [1.165, 1.54) is 6.07 Å². The Hall–Kier alpha value is -2.23. The predicted octanol–water partition coefficient (Wildman–Crippen LogP) is 5.71. The number of halogens is 2. The van der Waals surface area contributed by atoms with Crippen LogP contribution in [0.4, 0.5) is 8.78 Å². The fraction of sp³-hybridized carbons (Fsp3) is 0.409. The van der Waals surface area contributed by atoms with Crippen LogP contribution >= 0.6 is 0 Å². The highest BCUT2D eigenvalue weighted by atomic mass is 19.1. The molecule has 0 aliphatic carbocycles. The van der Waals surface area contributed by atoms with Gasteiger partial charge in [-0.25, -0.2) is 13.6 Å². The van der Waals surface area contributed by atoms with Gasteiger partial charge in [0.1, 0.15) is 17.7 Å². The van der Waals surface area contributed by atoms with Crippen molar-refractivity contribution in [2.75, 3.05) is 0 Å². The standard InChI is InChI=1S/C22H24F2O2/c1-3-5-6-7-15-9-11-17-13-19(26-22(25)20(17)21(15)24)16-10-8-14(4-2)18(23)12-16/h8-12,19H,3-7,13H2,1-2H3. The van der Waals surface area contributed by atoms with E-state index in [4.69, 9.17) is 4.74 Å². The van der Waals surface area contributed by atoms with Crippen LogP contribution in [0.25, 0.3) is 0 Å². The third kappa shape index (κ3) is 3.64. The normalized spacial score (nSPS) is 16.3. The Morgan fingerprint density at radius 1 is 1.08 bits per heavy atom. The molecular formula is C22H24F2O2. The third-order valence-electron chi connectivity index (χ3n) is 5.05. The van der Waals surface area contributed by atoms with Gasteiger partial charge in [-0.15, -0.1) is 0 Å². The number of esters is 1. The SMILES string of the molecule is CCCCCc1ccc2c(c1F)C(=O)OC(c1ccc(CC)c(F)c1)C2. The molecule has 0 saturated carbocycles. The van der Waals surface area contributed by atoms with E-state index in [9.17, 15) is 13.6 Å². The lowest BCUT2D eigenvalue weighted by molar-refractivity contribution is 0.0244. The van der Waals surface area contributed by atoms with Crippen molar-refractivity contribution < 1.29 is 18.3 Å². The van der Waals surface area contributed by atoms with Crippen molar-refractivity contribution in [3.63, 3.8) is 0 Å². The average Bonchev–Trinajstić information content (AvgIpc) is 2.63. The summed E-state index contributed by atoms with van der Waals surface area (Å²) >= 11 is 0. The van der Waals surface area contributed by atoms with Crippen molar-refractivity contribution in [1.82, 2.24) is 0 Å². The van der Waals surface area contributed by atoms with E-state index < -0.39 is 17.9 Å². The highest BCUT2D eigenvalue weighted by molar-refractivity contribution is 5.93. The lowest BCUT2D eigenvalue weighted by Crippen LogP contribution is -2.24. The fourth-order valence-corrected chi connectivity index (χ4v) is 3.47. The molecule has 2 nitrogen and oxygen atoms in total. The summed E-state index contributed by atoms with van der Waals surface area (Å²) in [6.45, 7) is 3.98. The van der Waals surface area contributed by atoms with Gasteiger partial charge in [0.15, 0.2) is 0 Å². The maximum atomic E-state index is 14.8. The van der Waals surface area contributed by atoms with E-state index in [1.54, 1.807) is 18.2 Å². The zero-order valence-electron chi connectivity index (χ0n) is 15.3. The van der Waals surface area contributed by atoms with Gasteiger partial charge in [0.25, 0.3) is 0 Å². The summed E-state index contributed by atoms with van der Waals surface area (Å²) in [6, 6.07) is 8.48. The van der Waals surface area contributed by atoms with Crippen LogP contribution in [-0.2, 0) is 24.0 Å². The number of rotatable bonds is 6. The topological polar surface area (TPSA) is 26.3 Å². The van der Waals surface area contributed by atoms with E-state index in [2.05, 4.69) is 6.92 Å². The molecule has 2 aromatic carbocycles. The zero-order valence-corrected chi connectivity index (χ0v) is 15.3. The summed E-state index contributed by atoms with van der Waals surface area (Å²) < 4.78 is 34.3. The second kappa shape index (κ2) is 7.98. The number of fused-ring (bicyclic) bond motifs is 1. The number of cyclic esters (lactones) is 1. The van der Waals surface area contributed by atoms with Gasteiger partial charge in [-0.2, -0.15) is 0 Å². The van der Waals surface area contributed by atoms with Gasteiger partial charge in [-0.1, -0.05) is 51.0 Å². The highest BCUT2D eigenvalue weighted by Gasteiger charge is 2.31. The van der Waals surface area contributed by atoms with Gasteiger partial charge in [0.05, 0.1) is 5.56 Å². The minimum absolute atomic E-state index is 0.0425. The fourth-order valence-electron chi connectivity index (χ4n) is 3.47. The zero-order chi connectivity index (χ0) is 18.7. The smallest absolute Gasteiger partial charge is 0.342 e. The first kappa shape index (κ1) is 18.6. The number of aryl methyl sites for hydroxylation is 2. The van der Waals surface area contributed by atoms with Gasteiger partial charge in [-0.05, 0) is 47.6 Å². The van der Waals surface area contributed by atoms with E-state index in [1.807, 2.05) is 13.0 Å². The first-order chi connectivity index (χ1) is 12.5. The number of hydrogen-bond donors (Lipinski definition) is 0. The summed E-state index contributed by atoms with van der Waals surface area (Å²) in [6.07, 6.45) is 3.98. The molecular weight excluding hydrogens is 334 g/mol. The first-order valence-electron chi connectivity index (χ1n) is 9.34. The van der Waals surface area contributed by atoms with Crippen LogP contribution in [0.1, 0.15) is 71.8 Å². The van der Waals surface area contributed by atoms with Gasteiger partial charge in [0, 0.05) is 6.42 Å². The Morgan fingerprint density at radius 2 is 1.85 bits per heavy atom. The van der Waals surface area contributed by atoms with Crippen LogP contribution in [0.3, 0.4) is 0 Å². The molecule has 26 heavy (non-hydrogen) atoms. The molecule has 1 aliphatic rings. The van der Waals surface area contributed by atoms with Gasteiger partial charge >= 0.3 is 5.97 Å². The lowest BCUT2D eigenvalue weighted by Gasteiger charge is -2.26. The molecule has 138 valence electrons. The van der Waals surface area contributed by atoms with Crippen molar-refractivity contribution in [3.05, 3.63) is 69.8 Å². The Morgan fingerprint density at radius 3 is 2.54 bits per heavy atom. The minimum Gasteiger partial charge on any atom is -0.453 e. The van der Waals surface area contributed by atoms with Crippen LogP contribution in [0.2, 0.25) is 0 Å². The Kier molecular flexibility index (Phi) is 5.70. The van der Waals surface area contributed by atoms with Gasteiger partial charge in [-0.3, -0.25) is 0 Å². The van der Waals surface area contributed by atoms with E-state index in [-0.39, 0.29) is 11.4 Å². The molecule has 1 atom stereocenters. The van der Waals surface area contributed by atoms with Crippen molar-refractivity contribution in [1.29, 1.82) is 0 Å².